The zero-order valence-corrected chi connectivity index (χ0v) is 14.7. The quantitative estimate of drug-likeness (QED) is 0.832. The smallest absolute Gasteiger partial charge is 0.263 e. The van der Waals surface area contributed by atoms with Crippen LogP contribution in [0.1, 0.15) is 42.3 Å². The maximum Gasteiger partial charge on any atom is 0.263 e. The number of thioether (sulfide) groups is 1. The Kier molecular flexibility index (Phi) is 5.81. The van der Waals surface area contributed by atoms with Gasteiger partial charge < -0.3 is 16.0 Å². The van der Waals surface area contributed by atoms with Crippen molar-refractivity contribution in [2.45, 2.75) is 37.5 Å². The highest BCUT2D eigenvalue weighted by Crippen LogP contribution is 2.44. The number of nitrogens with zero attached hydrogens (tertiary/aromatic N) is 1. The number of nitrogen functional groups attached to an aromatic ring is 1. The highest BCUT2D eigenvalue weighted by molar-refractivity contribution is 7.99. The highest BCUT2D eigenvalue weighted by atomic mass is 32.2. The molecule has 0 bridgehead atoms. The van der Waals surface area contributed by atoms with Crippen molar-refractivity contribution >= 4 is 39.7 Å². The number of amides is 1. The molecular formula is C15H25N3OS2. The summed E-state index contributed by atoms with van der Waals surface area (Å²) in [5.41, 5.74) is 6.83. The predicted octanol–water partition coefficient (Wildman–Crippen LogP) is 3.43. The number of carbonyl (C=O) groups excluding carboxylic acids is 1. The van der Waals surface area contributed by atoms with E-state index in [1.807, 2.05) is 6.26 Å². The van der Waals surface area contributed by atoms with E-state index in [1.54, 1.807) is 18.8 Å². The number of carbonyl (C=O) groups is 1. The van der Waals surface area contributed by atoms with Crippen LogP contribution < -0.4 is 16.0 Å². The first-order valence-electron chi connectivity index (χ1n) is 7.55. The largest absolute Gasteiger partial charge is 0.396 e. The summed E-state index contributed by atoms with van der Waals surface area (Å²) in [5.74, 6) is 0.753. The molecule has 0 radical (unpaired) electrons. The van der Waals surface area contributed by atoms with Gasteiger partial charge in [-0.25, -0.2) is 0 Å². The van der Waals surface area contributed by atoms with Crippen LogP contribution in [0.15, 0.2) is 4.90 Å². The lowest BCUT2D eigenvalue weighted by molar-refractivity contribution is 0.0968. The third-order valence-electron chi connectivity index (χ3n) is 4.23. The summed E-state index contributed by atoms with van der Waals surface area (Å²) in [5, 5.41) is 3.86. The van der Waals surface area contributed by atoms with E-state index < -0.39 is 0 Å². The second-order valence-electron chi connectivity index (χ2n) is 5.45. The second-order valence-corrected chi connectivity index (χ2v) is 7.27. The Morgan fingerprint density at radius 2 is 2.24 bits per heavy atom. The molecule has 1 aliphatic heterocycles. The van der Waals surface area contributed by atoms with Gasteiger partial charge in [-0.1, -0.05) is 13.3 Å². The molecule has 2 rings (SSSR count). The number of nitrogens with two attached hydrogens (primary N) is 1. The van der Waals surface area contributed by atoms with Gasteiger partial charge in [0.1, 0.15) is 9.88 Å². The van der Waals surface area contributed by atoms with E-state index in [1.165, 1.54) is 42.0 Å². The Hall–Kier alpha value is -0.880. The summed E-state index contributed by atoms with van der Waals surface area (Å²) in [4.78, 5) is 16.1. The van der Waals surface area contributed by atoms with Gasteiger partial charge in [0.25, 0.3) is 5.91 Å². The minimum atomic E-state index is -0.0830. The fraction of sp³-hybridized carbons (Fsp3) is 0.667. The van der Waals surface area contributed by atoms with E-state index in [0.29, 0.717) is 10.6 Å². The van der Waals surface area contributed by atoms with Gasteiger partial charge in [-0.3, -0.25) is 4.79 Å². The molecule has 21 heavy (non-hydrogen) atoms. The molecule has 1 aliphatic rings. The minimum absolute atomic E-state index is 0.0830. The van der Waals surface area contributed by atoms with Crippen molar-refractivity contribution in [3.05, 3.63) is 4.88 Å². The average Bonchev–Trinajstić information content (AvgIpc) is 2.68. The van der Waals surface area contributed by atoms with Crippen LogP contribution in [-0.4, -0.2) is 32.3 Å². The molecule has 118 valence electrons. The number of hydrogen-bond acceptors (Lipinski definition) is 5. The number of thiophene rings is 1. The van der Waals surface area contributed by atoms with Crippen LogP contribution in [0.5, 0.6) is 0 Å². The van der Waals surface area contributed by atoms with Crippen LogP contribution >= 0.6 is 23.1 Å². The SMILES string of the molecule is CCC1CCCN(c2sc(C(=O)NC)c(N)c2SC)CC1. The fourth-order valence-corrected chi connectivity index (χ4v) is 5.06. The Balaban J connectivity index is 2.28. The fourth-order valence-electron chi connectivity index (χ4n) is 2.88. The van der Waals surface area contributed by atoms with E-state index in [4.69, 9.17) is 5.73 Å². The monoisotopic (exact) mass is 327 g/mol. The average molecular weight is 328 g/mol. The summed E-state index contributed by atoms with van der Waals surface area (Å²) in [6, 6.07) is 0. The molecule has 4 nitrogen and oxygen atoms in total. The molecule has 1 unspecified atom stereocenters. The molecule has 1 atom stereocenters. The Morgan fingerprint density at radius 3 is 2.86 bits per heavy atom. The maximum atomic E-state index is 12.0. The lowest BCUT2D eigenvalue weighted by Crippen LogP contribution is -2.23. The predicted molar refractivity (Wildman–Crippen MR) is 93.7 cm³/mol. The number of nitrogens with one attached hydrogen (secondary N) is 1. The normalized spacial score (nSPS) is 19.4. The van der Waals surface area contributed by atoms with Crippen LogP contribution in [0, 0.1) is 5.92 Å². The molecule has 1 saturated heterocycles. The van der Waals surface area contributed by atoms with Gasteiger partial charge in [-0.15, -0.1) is 23.1 Å². The zero-order chi connectivity index (χ0) is 15.4. The molecule has 1 amide bonds. The molecule has 1 aromatic heterocycles. The molecule has 6 heteroatoms. The van der Waals surface area contributed by atoms with Gasteiger partial charge in [0.05, 0.1) is 10.6 Å². The van der Waals surface area contributed by atoms with Crippen LogP contribution in [-0.2, 0) is 0 Å². The van der Waals surface area contributed by atoms with Crippen LogP contribution in [0.4, 0.5) is 10.7 Å². The molecule has 1 aromatic rings. The third kappa shape index (κ3) is 3.48. The first-order valence-corrected chi connectivity index (χ1v) is 9.59. The van der Waals surface area contributed by atoms with Gasteiger partial charge >= 0.3 is 0 Å². The topological polar surface area (TPSA) is 58.4 Å². The van der Waals surface area contributed by atoms with Crippen molar-refractivity contribution in [2.24, 2.45) is 5.92 Å². The molecule has 3 N–H and O–H groups in total. The second kappa shape index (κ2) is 7.40. The van der Waals surface area contributed by atoms with E-state index in [-0.39, 0.29) is 5.91 Å². The van der Waals surface area contributed by atoms with E-state index in [2.05, 4.69) is 17.1 Å². The van der Waals surface area contributed by atoms with Crippen molar-refractivity contribution in [3.63, 3.8) is 0 Å². The van der Waals surface area contributed by atoms with Gasteiger partial charge in [0.15, 0.2) is 0 Å². The van der Waals surface area contributed by atoms with Crippen LogP contribution in [0.3, 0.4) is 0 Å². The highest BCUT2D eigenvalue weighted by Gasteiger charge is 2.25. The van der Waals surface area contributed by atoms with Gasteiger partial charge in [0.2, 0.25) is 0 Å². The molecule has 0 spiro atoms. The van der Waals surface area contributed by atoms with E-state index in [9.17, 15) is 4.79 Å². The third-order valence-corrected chi connectivity index (χ3v) is 6.45. The van der Waals surface area contributed by atoms with Crippen LogP contribution in [0.2, 0.25) is 0 Å². The Bertz CT molecular complexity index is 501. The summed E-state index contributed by atoms with van der Waals surface area (Å²) in [7, 11) is 1.65. The lowest BCUT2D eigenvalue weighted by atomic mass is 9.98. The molecule has 2 heterocycles. The Labute approximate surface area is 135 Å². The van der Waals surface area contributed by atoms with Crippen molar-refractivity contribution in [1.82, 2.24) is 5.32 Å². The van der Waals surface area contributed by atoms with Gasteiger partial charge in [-0.2, -0.15) is 0 Å². The maximum absolute atomic E-state index is 12.0. The lowest BCUT2D eigenvalue weighted by Gasteiger charge is -2.22. The van der Waals surface area contributed by atoms with Gasteiger partial charge in [-0.05, 0) is 31.4 Å². The summed E-state index contributed by atoms with van der Waals surface area (Å²) >= 11 is 3.18. The molecular weight excluding hydrogens is 302 g/mol. The van der Waals surface area contributed by atoms with E-state index in [0.717, 1.165) is 23.9 Å². The van der Waals surface area contributed by atoms with Crippen molar-refractivity contribution in [2.75, 3.05) is 37.0 Å². The van der Waals surface area contributed by atoms with Crippen molar-refractivity contribution in [3.8, 4) is 0 Å². The number of hydrogen-bond donors (Lipinski definition) is 2. The van der Waals surface area contributed by atoms with Crippen molar-refractivity contribution in [1.29, 1.82) is 0 Å². The summed E-state index contributed by atoms with van der Waals surface area (Å²) < 4.78 is 0. The first kappa shape index (κ1) is 16.5. The molecule has 0 aromatic carbocycles. The van der Waals surface area contributed by atoms with E-state index >= 15 is 0 Å². The summed E-state index contributed by atoms with van der Waals surface area (Å²) in [6.07, 6.45) is 7.06. The summed E-state index contributed by atoms with van der Waals surface area (Å²) in [6.45, 7) is 4.41. The van der Waals surface area contributed by atoms with Crippen LogP contribution in [0.25, 0.3) is 0 Å². The van der Waals surface area contributed by atoms with Crippen molar-refractivity contribution < 1.29 is 4.79 Å². The first-order chi connectivity index (χ1) is 10.1. The molecule has 0 saturated carbocycles. The molecule has 1 fully saturated rings. The molecule has 0 aliphatic carbocycles. The zero-order valence-electron chi connectivity index (χ0n) is 13.1. The minimum Gasteiger partial charge on any atom is -0.396 e. The number of rotatable bonds is 4. The Morgan fingerprint density at radius 1 is 1.48 bits per heavy atom. The number of anilines is 2. The standard InChI is InChI=1S/C15H25N3OS2/c1-4-10-6-5-8-18(9-7-10)15-13(20-3)11(16)12(21-15)14(19)17-2/h10H,4-9,16H2,1-3H3,(H,17,19). The van der Waals surface area contributed by atoms with Gasteiger partial charge in [0, 0.05) is 20.1 Å².